The predicted octanol–water partition coefficient (Wildman–Crippen LogP) is 2.74. The molecule has 2 aromatic rings. The van der Waals surface area contributed by atoms with Crippen molar-refractivity contribution in [1.29, 1.82) is 0 Å². The Kier molecular flexibility index (Phi) is 2.49. The van der Waals surface area contributed by atoms with Gasteiger partial charge in [0.25, 0.3) is 0 Å². The second kappa shape index (κ2) is 3.58. The van der Waals surface area contributed by atoms with Gasteiger partial charge in [0.05, 0.1) is 11.8 Å². The lowest BCUT2D eigenvalue weighted by molar-refractivity contribution is -0.140. The predicted molar refractivity (Wildman–Crippen MR) is 53.8 cm³/mol. The van der Waals surface area contributed by atoms with E-state index in [1.165, 1.54) is 10.9 Å². The topological polar surface area (TPSA) is 30.7 Å². The van der Waals surface area contributed by atoms with Gasteiger partial charge in [0.1, 0.15) is 5.01 Å². The summed E-state index contributed by atoms with van der Waals surface area (Å²) in [6.07, 6.45) is -2.94. The van der Waals surface area contributed by atoms with Crippen LogP contribution in [0.2, 0.25) is 0 Å². The monoisotopic (exact) mass is 246 g/mol. The van der Waals surface area contributed by atoms with E-state index in [1.54, 1.807) is 7.05 Å². The number of aryl methyl sites for hydroxylation is 1. The molecular formula is C9H7F3N3S. The molecule has 0 saturated heterocycles. The van der Waals surface area contributed by atoms with Gasteiger partial charge in [-0.3, -0.25) is 4.68 Å². The van der Waals surface area contributed by atoms with Gasteiger partial charge < -0.3 is 0 Å². The smallest absolute Gasteiger partial charge is 0.272 e. The Morgan fingerprint density at radius 3 is 2.56 bits per heavy atom. The number of nitrogens with zero attached hydrogens (tertiary/aromatic N) is 3. The molecule has 0 aliphatic rings. The number of hydrogen-bond acceptors (Lipinski definition) is 3. The fourth-order valence-corrected chi connectivity index (χ4v) is 2.03. The van der Waals surface area contributed by atoms with Crippen LogP contribution >= 0.6 is 11.3 Å². The highest BCUT2D eigenvalue weighted by atomic mass is 32.1. The van der Waals surface area contributed by atoms with Crippen LogP contribution in [0.25, 0.3) is 10.6 Å². The van der Waals surface area contributed by atoms with Gasteiger partial charge in [0, 0.05) is 18.1 Å². The molecule has 0 bridgehead atoms. The summed E-state index contributed by atoms with van der Waals surface area (Å²) in [6.45, 7) is 3.71. The summed E-state index contributed by atoms with van der Waals surface area (Å²) < 4.78 is 38.5. The Labute approximate surface area is 93.5 Å². The minimum atomic E-state index is -4.40. The third kappa shape index (κ3) is 1.82. The van der Waals surface area contributed by atoms with Crippen LogP contribution in [-0.4, -0.2) is 14.8 Å². The van der Waals surface area contributed by atoms with E-state index in [0.717, 1.165) is 16.7 Å². The molecule has 0 N–H and O–H groups in total. The molecule has 0 atom stereocenters. The maximum absolute atomic E-state index is 12.3. The molecule has 2 heterocycles. The van der Waals surface area contributed by atoms with Gasteiger partial charge in [-0.1, -0.05) is 0 Å². The Morgan fingerprint density at radius 2 is 2.12 bits per heavy atom. The Morgan fingerprint density at radius 1 is 1.44 bits per heavy atom. The van der Waals surface area contributed by atoms with Gasteiger partial charge in [0.15, 0.2) is 5.69 Å². The lowest BCUT2D eigenvalue weighted by Gasteiger charge is -2.00. The van der Waals surface area contributed by atoms with E-state index in [9.17, 15) is 13.2 Å². The molecule has 7 heteroatoms. The van der Waals surface area contributed by atoms with Gasteiger partial charge in [0.2, 0.25) is 0 Å². The normalized spacial score (nSPS) is 12.1. The van der Waals surface area contributed by atoms with Crippen LogP contribution in [0.3, 0.4) is 0 Å². The summed E-state index contributed by atoms with van der Waals surface area (Å²) in [6, 6.07) is 0. The average Bonchev–Trinajstić information content (AvgIpc) is 2.74. The second-order valence-electron chi connectivity index (χ2n) is 3.16. The zero-order valence-electron chi connectivity index (χ0n) is 8.25. The van der Waals surface area contributed by atoms with Crippen LogP contribution in [0.5, 0.6) is 0 Å². The van der Waals surface area contributed by atoms with E-state index in [1.807, 2.05) is 0 Å². The molecule has 2 aromatic heterocycles. The van der Waals surface area contributed by atoms with Crippen molar-refractivity contribution in [3.8, 4) is 10.6 Å². The summed E-state index contributed by atoms with van der Waals surface area (Å²) >= 11 is 0.933. The van der Waals surface area contributed by atoms with Crippen LogP contribution in [0.1, 0.15) is 11.4 Å². The number of hydrogen-bond donors (Lipinski definition) is 0. The molecular weight excluding hydrogens is 239 g/mol. The van der Waals surface area contributed by atoms with Crippen molar-refractivity contribution < 1.29 is 13.2 Å². The van der Waals surface area contributed by atoms with Gasteiger partial charge in [-0.15, -0.1) is 11.3 Å². The van der Waals surface area contributed by atoms with Crippen LogP contribution < -0.4 is 0 Å². The first-order valence-corrected chi connectivity index (χ1v) is 5.14. The van der Waals surface area contributed by atoms with Crippen LogP contribution in [-0.2, 0) is 13.2 Å². The third-order valence-corrected chi connectivity index (χ3v) is 2.96. The standard InChI is InChI=1S/C9H7F3N3S/c1-5-6(3-13-15(5)2)8-14-7(4-16-8)9(10,11)12/h3-4H,1H2,2H3. The Bertz CT molecular complexity index is 512. The van der Waals surface area contributed by atoms with Gasteiger partial charge in [-0.2, -0.15) is 18.3 Å². The van der Waals surface area contributed by atoms with Crippen molar-refractivity contribution in [2.75, 3.05) is 0 Å². The largest absolute Gasteiger partial charge is 0.434 e. The molecule has 0 aliphatic heterocycles. The van der Waals surface area contributed by atoms with Crippen LogP contribution in [0, 0.1) is 6.92 Å². The molecule has 0 aromatic carbocycles. The number of halogens is 3. The molecule has 1 radical (unpaired) electrons. The van der Waals surface area contributed by atoms with E-state index in [4.69, 9.17) is 0 Å². The maximum atomic E-state index is 12.3. The van der Waals surface area contributed by atoms with E-state index in [-0.39, 0.29) is 5.01 Å². The highest BCUT2D eigenvalue weighted by Crippen LogP contribution is 2.34. The second-order valence-corrected chi connectivity index (χ2v) is 4.02. The Balaban J connectivity index is 2.43. The van der Waals surface area contributed by atoms with Crippen molar-refractivity contribution in [3.05, 3.63) is 29.9 Å². The minimum Gasteiger partial charge on any atom is -0.272 e. The van der Waals surface area contributed by atoms with Crippen molar-refractivity contribution in [2.24, 2.45) is 7.05 Å². The van der Waals surface area contributed by atoms with Crippen LogP contribution in [0.4, 0.5) is 13.2 Å². The lowest BCUT2D eigenvalue weighted by atomic mass is 10.3. The Hall–Kier alpha value is -1.37. The van der Waals surface area contributed by atoms with Crippen molar-refractivity contribution in [2.45, 2.75) is 6.18 Å². The minimum absolute atomic E-state index is 0.283. The fraction of sp³-hybridized carbons (Fsp3) is 0.222. The molecule has 85 valence electrons. The highest BCUT2D eigenvalue weighted by molar-refractivity contribution is 7.13. The summed E-state index contributed by atoms with van der Waals surface area (Å²) in [7, 11) is 1.67. The number of aromatic nitrogens is 3. The summed E-state index contributed by atoms with van der Waals surface area (Å²) in [5.74, 6) is 0. The van der Waals surface area contributed by atoms with Crippen molar-refractivity contribution in [1.82, 2.24) is 14.8 Å². The quantitative estimate of drug-likeness (QED) is 0.774. The van der Waals surface area contributed by atoms with Gasteiger partial charge >= 0.3 is 6.18 Å². The molecule has 16 heavy (non-hydrogen) atoms. The first kappa shape index (κ1) is 11.1. The van der Waals surface area contributed by atoms with Crippen molar-refractivity contribution in [3.63, 3.8) is 0 Å². The SMILES string of the molecule is [CH2]c1c(-c2nc(C(F)(F)F)cs2)cnn1C. The number of rotatable bonds is 1. The lowest BCUT2D eigenvalue weighted by Crippen LogP contribution is -2.04. The van der Waals surface area contributed by atoms with E-state index in [0.29, 0.717) is 11.3 Å². The molecule has 0 spiro atoms. The zero-order valence-corrected chi connectivity index (χ0v) is 9.06. The third-order valence-electron chi connectivity index (χ3n) is 2.09. The molecule has 0 unspecified atom stereocenters. The number of thiazole rings is 1. The molecule has 0 saturated carbocycles. The van der Waals surface area contributed by atoms with Crippen molar-refractivity contribution >= 4 is 11.3 Å². The average molecular weight is 246 g/mol. The molecule has 0 fully saturated rings. The first-order chi connectivity index (χ1) is 7.39. The molecule has 2 rings (SSSR count). The summed E-state index contributed by atoms with van der Waals surface area (Å²) in [5.41, 5.74) is 0.196. The summed E-state index contributed by atoms with van der Waals surface area (Å²) in [5, 5.41) is 5.17. The number of alkyl halides is 3. The van der Waals surface area contributed by atoms with Gasteiger partial charge in [-0.05, 0) is 6.92 Å². The van der Waals surface area contributed by atoms with E-state index in [2.05, 4.69) is 17.0 Å². The molecule has 0 amide bonds. The molecule has 0 aliphatic carbocycles. The van der Waals surface area contributed by atoms with Gasteiger partial charge in [-0.25, -0.2) is 4.98 Å². The van der Waals surface area contributed by atoms with Crippen LogP contribution in [0.15, 0.2) is 11.6 Å². The van der Waals surface area contributed by atoms with E-state index >= 15 is 0 Å². The maximum Gasteiger partial charge on any atom is 0.434 e. The zero-order chi connectivity index (χ0) is 11.9. The fourth-order valence-electron chi connectivity index (χ4n) is 1.17. The molecule has 3 nitrogen and oxygen atoms in total. The first-order valence-electron chi connectivity index (χ1n) is 4.26. The highest BCUT2D eigenvalue weighted by Gasteiger charge is 2.34. The summed E-state index contributed by atoms with van der Waals surface area (Å²) in [4.78, 5) is 3.53. The van der Waals surface area contributed by atoms with E-state index < -0.39 is 11.9 Å².